The van der Waals surface area contributed by atoms with Gasteiger partial charge < -0.3 is 14.4 Å². The van der Waals surface area contributed by atoms with Crippen molar-refractivity contribution in [1.82, 2.24) is 20.0 Å². The van der Waals surface area contributed by atoms with E-state index in [9.17, 15) is 9.59 Å². The number of rotatable bonds is 4. The number of aryl methyl sites for hydroxylation is 1. The zero-order valence-electron chi connectivity index (χ0n) is 15.3. The van der Waals surface area contributed by atoms with Crippen molar-refractivity contribution < 1.29 is 9.32 Å². The second kappa shape index (κ2) is 7.34. The number of carbonyl (C=O) groups excluding carboxylic acids is 1. The average Bonchev–Trinajstić information content (AvgIpc) is 3.14. The van der Waals surface area contributed by atoms with Crippen molar-refractivity contribution in [2.24, 2.45) is 5.92 Å². The van der Waals surface area contributed by atoms with Crippen molar-refractivity contribution in [2.75, 3.05) is 13.1 Å². The molecule has 140 valence electrons. The third-order valence-corrected chi connectivity index (χ3v) is 5.02. The standard InChI is InChI=1S/C20H22N4O3/c1-13-5-4-10-24(12-13)18(25)9-8-17-22-19(23-27-17)15-11-14-6-2-3-7-16(14)21-20(15)26/h2-3,6-7,11,13H,4-5,8-10,12H2,1H3,(H,21,26)/t13-/m0/s1. The van der Waals surface area contributed by atoms with Crippen LogP contribution in [-0.4, -0.2) is 39.0 Å². The molecular weight excluding hydrogens is 344 g/mol. The van der Waals surface area contributed by atoms with E-state index in [2.05, 4.69) is 22.0 Å². The quantitative estimate of drug-likeness (QED) is 0.766. The van der Waals surface area contributed by atoms with Gasteiger partial charge in [0.1, 0.15) is 0 Å². The molecule has 0 radical (unpaired) electrons. The molecule has 2 aromatic heterocycles. The fraction of sp³-hybridized carbons (Fsp3) is 0.400. The Labute approximate surface area is 156 Å². The lowest BCUT2D eigenvalue weighted by atomic mass is 10.00. The van der Waals surface area contributed by atoms with Crippen LogP contribution in [-0.2, 0) is 11.2 Å². The third kappa shape index (κ3) is 3.77. The van der Waals surface area contributed by atoms with Crippen molar-refractivity contribution in [1.29, 1.82) is 0 Å². The van der Waals surface area contributed by atoms with Crippen LogP contribution in [0.15, 0.2) is 39.6 Å². The van der Waals surface area contributed by atoms with Crippen LogP contribution < -0.4 is 5.56 Å². The normalized spacial score (nSPS) is 17.4. The Morgan fingerprint density at radius 1 is 1.37 bits per heavy atom. The van der Waals surface area contributed by atoms with Gasteiger partial charge in [0.15, 0.2) is 0 Å². The highest BCUT2D eigenvalue weighted by molar-refractivity contribution is 5.82. The largest absolute Gasteiger partial charge is 0.342 e. The summed E-state index contributed by atoms with van der Waals surface area (Å²) < 4.78 is 5.26. The molecule has 1 fully saturated rings. The first-order chi connectivity index (χ1) is 13.1. The number of nitrogens with one attached hydrogen (secondary N) is 1. The number of aromatic amines is 1. The molecule has 1 saturated heterocycles. The van der Waals surface area contributed by atoms with Gasteiger partial charge in [-0.25, -0.2) is 0 Å². The molecule has 1 aromatic carbocycles. The number of fused-ring (bicyclic) bond motifs is 1. The zero-order valence-corrected chi connectivity index (χ0v) is 15.3. The molecule has 27 heavy (non-hydrogen) atoms. The Morgan fingerprint density at radius 3 is 3.07 bits per heavy atom. The number of nitrogens with zero attached hydrogens (tertiary/aromatic N) is 3. The topological polar surface area (TPSA) is 92.1 Å². The third-order valence-electron chi connectivity index (χ3n) is 5.02. The van der Waals surface area contributed by atoms with E-state index in [-0.39, 0.29) is 17.3 Å². The Bertz CT molecular complexity index is 1020. The van der Waals surface area contributed by atoms with E-state index in [1.54, 1.807) is 6.07 Å². The van der Waals surface area contributed by atoms with Gasteiger partial charge in [0.05, 0.1) is 5.56 Å². The molecule has 0 saturated carbocycles. The van der Waals surface area contributed by atoms with Gasteiger partial charge in [-0.05, 0) is 36.3 Å². The summed E-state index contributed by atoms with van der Waals surface area (Å²) in [6.45, 7) is 3.82. The van der Waals surface area contributed by atoms with Gasteiger partial charge in [0, 0.05) is 31.4 Å². The van der Waals surface area contributed by atoms with E-state index in [1.807, 2.05) is 29.2 Å². The summed E-state index contributed by atoms with van der Waals surface area (Å²) in [5, 5.41) is 4.82. The molecule has 0 aliphatic carbocycles. The monoisotopic (exact) mass is 366 g/mol. The van der Waals surface area contributed by atoms with Gasteiger partial charge in [0.25, 0.3) is 5.56 Å². The summed E-state index contributed by atoms with van der Waals surface area (Å²) in [6, 6.07) is 9.27. The Kier molecular flexibility index (Phi) is 4.75. The van der Waals surface area contributed by atoms with Crippen molar-refractivity contribution >= 4 is 16.8 Å². The Hall–Kier alpha value is -2.96. The van der Waals surface area contributed by atoms with Crippen LogP contribution in [0, 0.1) is 5.92 Å². The maximum absolute atomic E-state index is 12.4. The number of amides is 1. The average molecular weight is 366 g/mol. The van der Waals surface area contributed by atoms with E-state index in [0.717, 1.165) is 30.4 Å². The van der Waals surface area contributed by atoms with E-state index in [4.69, 9.17) is 4.52 Å². The van der Waals surface area contributed by atoms with Crippen molar-refractivity contribution in [3.8, 4) is 11.4 Å². The Morgan fingerprint density at radius 2 is 2.22 bits per heavy atom. The molecule has 7 heteroatoms. The van der Waals surface area contributed by atoms with Crippen molar-refractivity contribution in [2.45, 2.75) is 32.6 Å². The fourth-order valence-electron chi connectivity index (χ4n) is 3.57. The lowest BCUT2D eigenvalue weighted by molar-refractivity contribution is -0.132. The summed E-state index contributed by atoms with van der Waals surface area (Å²) >= 11 is 0. The second-order valence-electron chi connectivity index (χ2n) is 7.20. The zero-order chi connectivity index (χ0) is 18.8. The predicted molar refractivity (Wildman–Crippen MR) is 101 cm³/mol. The van der Waals surface area contributed by atoms with Crippen LogP contribution in [0.2, 0.25) is 0 Å². The number of hydrogen-bond donors (Lipinski definition) is 1. The highest BCUT2D eigenvalue weighted by atomic mass is 16.5. The number of hydrogen-bond acceptors (Lipinski definition) is 5. The van der Waals surface area contributed by atoms with E-state index in [1.165, 1.54) is 6.42 Å². The van der Waals surface area contributed by atoms with E-state index < -0.39 is 0 Å². The molecule has 0 bridgehead atoms. The molecule has 4 rings (SSSR count). The van der Waals surface area contributed by atoms with Crippen molar-refractivity contribution in [3.05, 3.63) is 46.6 Å². The predicted octanol–water partition coefficient (Wildman–Crippen LogP) is 2.77. The smallest absolute Gasteiger partial charge is 0.259 e. The lowest BCUT2D eigenvalue weighted by Crippen LogP contribution is -2.39. The molecule has 1 atom stereocenters. The molecule has 1 amide bonds. The fourth-order valence-corrected chi connectivity index (χ4v) is 3.57. The highest BCUT2D eigenvalue weighted by Crippen LogP contribution is 2.19. The number of carbonyl (C=O) groups is 1. The molecule has 1 aliphatic heterocycles. The number of benzene rings is 1. The van der Waals surface area contributed by atoms with E-state index >= 15 is 0 Å². The molecule has 3 heterocycles. The van der Waals surface area contributed by atoms with Gasteiger partial charge in [-0.15, -0.1) is 0 Å². The Balaban J connectivity index is 1.47. The molecule has 7 nitrogen and oxygen atoms in total. The highest BCUT2D eigenvalue weighted by Gasteiger charge is 2.21. The minimum absolute atomic E-state index is 0.116. The summed E-state index contributed by atoms with van der Waals surface area (Å²) in [6.07, 6.45) is 2.95. The van der Waals surface area contributed by atoms with Crippen LogP contribution in [0.4, 0.5) is 0 Å². The molecular formula is C20H22N4O3. The van der Waals surface area contributed by atoms with Gasteiger partial charge in [-0.3, -0.25) is 9.59 Å². The van der Waals surface area contributed by atoms with Crippen LogP contribution in [0.3, 0.4) is 0 Å². The minimum atomic E-state index is -0.264. The van der Waals surface area contributed by atoms with Gasteiger partial charge in [0.2, 0.25) is 17.6 Å². The van der Waals surface area contributed by atoms with Crippen LogP contribution in [0.25, 0.3) is 22.3 Å². The molecule has 1 aliphatic rings. The summed E-state index contributed by atoms with van der Waals surface area (Å²) in [5.41, 5.74) is 0.857. The van der Waals surface area contributed by atoms with E-state index in [0.29, 0.717) is 30.2 Å². The molecule has 0 unspecified atom stereocenters. The SMILES string of the molecule is C[C@H]1CCCN(C(=O)CCc2nc(-c3cc4ccccc4[nH]c3=O)no2)C1. The number of H-pyrrole nitrogens is 1. The van der Waals surface area contributed by atoms with Gasteiger partial charge in [-0.1, -0.05) is 30.3 Å². The maximum atomic E-state index is 12.4. The van der Waals surface area contributed by atoms with Crippen LogP contribution in [0.5, 0.6) is 0 Å². The molecule has 1 N–H and O–H groups in total. The van der Waals surface area contributed by atoms with Gasteiger partial charge in [-0.2, -0.15) is 4.98 Å². The number of pyridine rings is 1. The minimum Gasteiger partial charge on any atom is -0.342 e. The van der Waals surface area contributed by atoms with Gasteiger partial charge >= 0.3 is 0 Å². The number of piperidine rings is 1. The summed E-state index contributed by atoms with van der Waals surface area (Å²) in [7, 11) is 0. The van der Waals surface area contributed by atoms with Crippen LogP contribution in [0.1, 0.15) is 32.1 Å². The first kappa shape index (κ1) is 17.5. The summed E-state index contributed by atoms with van der Waals surface area (Å²) in [4.78, 5) is 33.7. The maximum Gasteiger partial charge on any atom is 0.259 e. The molecule has 3 aromatic rings. The lowest BCUT2D eigenvalue weighted by Gasteiger charge is -2.30. The number of aromatic nitrogens is 3. The molecule has 0 spiro atoms. The number of para-hydroxylation sites is 1. The van der Waals surface area contributed by atoms with Crippen LogP contribution >= 0.6 is 0 Å². The van der Waals surface area contributed by atoms with Crippen molar-refractivity contribution in [3.63, 3.8) is 0 Å². The first-order valence-corrected chi connectivity index (χ1v) is 9.33. The summed E-state index contributed by atoms with van der Waals surface area (Å²) in [5.74, 6) is 1.29. The number of likely N-dealkylation sites (tertiary alicyclic amines) is 1. The first-order valence-electron chi connectivity index (χ1n) is 9.33. The second-order valence-corrected chi connectivity index (χ2v) is 7.20.